The van der Waals surface area contributed by atoms with E-state index in [2.05, 4.69) is 22.5 Å². The van der Waals surface area contributed by atoms with Crippen molar-refractivity contribution >= 4 is 23.3 Å². The number of anilines is 2. The number of benzene rings is 3. The molecular weight excluding hydrogens is 552 g/mol. The van der Waals surface area contributed by atoms with Crippen LogP contribution in [-0.2, 0) is 6.54 Å². The minimum Gasteiger partial charge on any atom is -0.497 e. The second-order valence-corrected chi connectivity index (χ2v) is 11.0. The van der Waals surface area contributed by atoms with Crippen LogP contribution >= 0.6 is 0 Å². The Labute approximate surface area is 251 Å². The summed E-state index contributed by atoms with van der Waals surface area (Å²) in [5.41, 5.74) is 2.41. The van der Waals surface area contributed by atoms with Gasteiger partial charge in [0.05, 0.1) is 25.3 Å². The molecule has 228 valence electrons. The maximum Gasteiger partial charge on any atom is 0.323 e. The number of methoxy groups -OCH3 is 1. The molecule has 2 aliphatic rings. The third-order valence-electron chi connectivity index (χ3n) is 7.66. The van der Waals surface area contributed by atoms with E-state index < -0.39 is 12.1 Å². The monoisotopic (exact) mass is 590 g/mol. The van der Waals surface area contributed by atoms with Crippen molar-refractivity contribution in [1.29, 1.82) is 0 Å². The molecule has 0 radical (unpaired) electrons. The predicted octanol–water partition coefficient (Wildman–Crippen LogP) is 4.42. The summed E-state index contributed by atoms with van der Waals surface area (Å²) in [4.78, 5) is 30.4. The van der Waals surface area contributed by atoms with Gasteiger partial charge in [-0.3, -0.25) is 9.69 Å². The highest BCUT2D eigenvalue weighted by Gasteiger charge is 2.33. The Kier molecular flexibility index (Phi) is 9.22. The Bertz CT molecular complexity index is 1450. The fourth-order valence-electron chi connectivity index (χ4n) is 5.20. The maximum absolute atomic E-state index is 13.8. The minimum atomic E-state index is -0.481. The van der Waals surface area contributed by atoms with Crippen molar-refractivity contribution in [2.75, 3.05) is 51.3 Å². The summed E-state index contributed by atoms with van der Waals surface area (Å²) < 4.78 is 22.5. The van der Waals surface area contributed by atoms with Gasteiger partial charge in [-0.2, -0.15) is 0 Å². The van der Waals surface area contributed by atoms with Crippen molar-refractivity contribution in [1.82, 2.24) is 9.80 Å². The van der Waals surface area contributed by atoms with Crippen LogP contribution in [0.2, 0.25) is 0 Å². The van der Waals surface area contributed by atoms with Gasteiger partial charge < -0.3 is 39.6 Å². The molecule has 3 aromatic carbocycles. The van der Waals surface area contributed by atoms with Crippen molar-refractivity contribution in [3.8, 4) is 23.0 Å². The number of nitrogens with zero attached hydrogens (tertiary/aromatic N) is 2. The van der Waals surface area contributed by atoms with Crippen molar-refractivity contribution in [2.24, 2.45) is 5.92 Å². The van der Waals surface area contributed by atoms with E-state index in [9.17, 15) is 14.7 Å². The van der Waals surface area contributed by atoms with Gasteiger partial charge >= 0.3 is 6.03 Å². The summed E-state index contributed by atoms with van der Waals surface area (Å²) in [6, 6.07) is 17.2. The number of amides is 3. The molecule has 0 saturated carbocycles. The number of aliphatic hydroxyl groups is 1. The lowest BCUT2D eigenvalue weighted by atomic mass is 9.99. The van der Waals surface area contributed by atoms with Crippen LogP contribution in [0.3, 0.4) is 0 Å². The van der Waals surface area contributed by atoms with Crippen LogP contribution in [0.15, 0.2) is 60.7 Å². The van der Waals surface area contributed by atoms with Gasteiger partial charge in [0.2, 0.25) is 6.79 Å². The first-order valence-electron chi connectivity index (χ1n) is 14.3. The highest BCUT2D eigenvalue weighted by atomic mass is 16.7. The molecule has 0 bridgehead atoms. The topological polar surface area (TPSA) is 122 Å². The number of nitrogens with one attached hydrogen (secondary N) is 2. The summed E-state index contributed by atoms with van der Waals surface area (Å²) in [6.07, 6.45) is -0.239. The van der Waals surface area contributed by atoms with Gasteiger partial charge in [-0.05, 0) is 62.0 Å². The first-order chi connectivity index (χ1) is 20.7. The smallest absolute Gasteiger partial charge is 0.323 e. The second kappa shape index (κ2) is 13.2. The molecule has 43 heavy (non-hydrogen) atoms. The predicted molar refractivity (Wildman–Crippen MR) is 162 cm³/mol. The van der Waals surface area contributed by atoms with E-state index >= 15 is 0 Å². The number of carbonyl (C=O) groups excluding carboxylic acids is 2. The first kappa shape index (κ1) is 30.0. The van der Waals surface area contributed by atoms with Gasteiger partial charge in [-0.15, -0.1) is 0 Å². The van der Waals surface area contributed by atoms with Gasteiger partial charge in [0, 0.05) is 43.0 Å². The zero-order valence-electron chi connectivity index (χ0n) is 24.8. The zero-order valence-corrected chi connectivity index (χ0v) is 24.8. The Morgan fingerprint density at radius 1 is 1.05 bits per heavy atom. The number of likely N-dealkylation sites (N-methyl/N-ethyl adjacent to an activating group) is 1. The molecule has 2 heterocycles. The number of urea groups is 1. The third-order valence-corrected chi connectivity index (χ3v) is 7.66. The molecule has 3 atom stereocenters. The Hall–Kier alpha value is -4.48. The van der Waals surface area contributed by atoms with Crippen LogP contribution in [-0.4, -0.2) is 79.6 Å². The zero-order chi connectivity index (χ0) is 30.5. The lowest BCUT2D eigenvalue weighted by Crippen LogP contribution is -2.49. The fraction of sp³-hybridized carbons (Fsp3) is 0.375. The van der Waals surface area contributed by atoms with Gasteiger partial charge in [0.1, 0.15) is 17.6 Å². The number of carbonyl (C=O) groups is 2. The molecule has 3 aromatic rings. The summed E-state index contributed by atoms with van der Waals surface area (Å²) in [6.45, 7) is 5.56. The number of aliphatic hydroxyl groups excluding tert-OH is 1. The van der Waals surface area contributed by atoms with Crippen LogP contribution in [0, 0.1) is 5.92 Å². The Morgan fingerprint density at radius 3 is 2.42 bits per heavy atom. The normalized spacial score (nSPS) is 18.3. The molecule has 3 N–H and O–H groups in total. The van der Waals surface area contributed by atoms with E-state index in [4.69, 9.17) is 18.9 Å². The number of rotatable bonds is 9. The summed E-state index contributed by atoms with van der Waals surface area (Å²) in [5.74, 6) is 2.12. The molecule has 3 amide bonds. The van der Waals surface area contributed by atoms with Crippen molar-refractivity contribution in [3.63, 3.8) is 0 Å². The van der Waals surface area contributed by atoms with Crippen LogP contribution in [0.1, 0.15) is 29.8 Å². The van der Waals surface area contributed by atoms with Gasteiger partial charge in [0.25, 0.3) is 5.91 Å². The molecule has 11 nitrogen and oxygen atoms in total. The van der Waals surface area contributed by atoms with Crippen molar-refractivity contribution < 1.29 is 33.6 Å². The molecule has 2 aliphatic heterocycles. The fourth-order valence-corrected chi connectivity index (χ4v) is 5.20. The standard InChI is InChI=1S/C32H38N4O7/c1-20-15-36(21(2)18-37)31(38)26-13-23(33-32(39)34-24-8-12-28-29(14-24)42-19-41-28)7-11-27(26)43-30(20)17-35(3)16-22-5-9-25(40-4)10-6-22/h5-14,20-21,30,37H,15-19H2,1-4H3,(H2,33,34,39)/t20-,21+,30+/m1/s1. The number of hydrogen-bond acceptors (Lipinski definition) is 8. The maximum atomic E-state index is 13.8. The molecular formula is C32H38N4O7. The Morgan fingerprint density at radius 2 is 1.72 bits per heavy atom. The van der Waals surface area contributed by atoms with Crippen molar-refractivity contribution in [2.45, 2.75) is 32.5 Å². The molecule has 0 fully saturated rings. The molecule has 5 rings (SSSR count). The lowest BCUT2D eigenvalue weighted by Gasteiger charge is -2.38. The van der Waals surface area contributed by atoms with Crippen LogP contribution in [0.4, 0.5) is 16.2 Å². The largest absolute Gasteiger partial charge is 0.497 e. The average Bonchev–Trinajstić information content (AvgIpc) is 3.47. The van der Waals surface area contributed by atoms with E-state index in [1.165, 1.54) is 0 Å². The van der Waals surface area contributed by atoms with Crippen LogP contribution in [0.25, 0.3) is 0 Å². The number of ether oxygens (including phenoxy) is 4. The third kappa shape index (κ3) is 7.12. The van der Waals surface area contributed by atoms with E-state index in [0.717, 1.165) is 11.3 Å². The number of fused-ring (bicyclic) bond motifs is 2. The first-order valence-corrected chi connectivity index (χ1v) is 14.3. The van der Waals surface area contributed by atoms with Crippen LogP contribution in [0.5, 0.6) is 23.0 Å². The number of hydrogen-bond donors (Lipinski definition) is 3. The van der Waals surface area contributed by atoms with E-state index in [-0.39, 0.29) is 31.3 Å². The van der Waals surface area contributed by atoms with E-state index in [1.54, 1.807) is 48.4 Å². The van der Waals surface area contributed by atoms with E-state index in [0.29, 0.717) is 53.8 Å². The molecule has 0 aromatic heterocycles. The molecule has 0 saturated heterocycles. The van der Waals surface area contributed by atoms with Crippen LogP contribution < -0.4 is 29.6 Å². The summed E-state index contributed by atoms with van der Waals surface area (Å²) in [7, 11) is 3.68. The molecule has 11 heteroatoms. The van der Waals surface area contributed by atoms with Gasteiger partial charge in [-0.25, -0.2) is 4.79 Å². The SMILES string of the molecule is COc1ccc(CN(C)C[C@@H]2Oc3ccc(NC(=O)Nc4ccc5c(c4)OCO5)cc3C(=O)N([C@@H](C)CO)C[C@H]2C)cc1. The minimum absolute atomic E-state index is 0.0188. The quantitative estimate of drug-likeness (QED) is 0.335. The Balaban J connectivity index is 1.33. The molecule has 0 unspecified atom stereocenters. The second-order valence-electron chi connectivity index (χ2n) is 11.0. The van der Waals surface area contributed by atoms with Gasteiger partial charge in [0.15, 0.2) is 11.5 Å². The summed E-state index contributed by atoms with van der Waals surface area (Å²) >= 11 is 0. The highest BCUT2D eigenvalue weighted by molar-refractivity contribution is 6.02. The molecule has 0 spiro atoms. The molecule has 0 aliphatic carbocycles. The average molecular weight is 591 g/mol. The lowest BCUT2D eigenvalue weighted by molar-refractivity contribution is 0.0341. The van der Waals surface area contributed by atoms with E-state index in [1.807, 2.05) is 38.2 Å². The van der Waals surface area contributed by atoms with Gasteiger partial charge in [-0.1, -0.05) is 19.1 Å². The summed E-state index contributed by atoms with van der Waals surface area (Å²) in [5, 5.41) is 15.5. The van der Waals surface area contributed by atoms with Crippen molar-refractivity contribution in [3.05, 3.63) is 71.8 Å². The highest BCUT2D eigenvalue weighted by Crippen LogP contribution is 2.34.